The number of amides is 2. The molecule has 0 bridgehead atoms. The number of halogens is 2. The largest absolute Gasteiger partial charge is 0.350 e. The Kier molecular flexibility index (Phi) is 10.3. The highest BCUT2D eigenvalue weighted by molar-refractivity contribution is 7.92. The van der Waals surface area contributed by atoms with E-state index in [-0.39, 0.29) is 33.1 Å². The van der Waals surface area contributed by atoms with Gasteiger partial charge in [-0.2, -0.15) is 0 Å². The van der Waals surface area contributed by atoms with Crippen LogP contribution >= 0.6 is 23.2 Å². The molecule has 1 unspecified atom stereocenters. The lowest BCUT2D eigenvalue weighted by Crippen LogP contribution is -2.55. The Hall–Kier alpha value is -3.07. The van der Waals surface area contributed by atoms with Crippen LogP contribution < -0.4 is 9.62 Å². The van der Waals surface area contributed by atoms with E-state index in [1.807, 2.05) is 58.9 Å². The summed E-state index contributed by atoms with van der Waals surface area (Å²) in [6, 6.07) is 19.0. The molecule has 0 aliphatic rings. The molecule has 0 aliphatic heterocycles. The minimum absolute atomic E-state index is 0.0106. The predicted octanol–water partition coefficient (Wildman–Crippen LogP) is 6.22. The Morgan fingerprint density at radius 3 is 2.10 bits per heavy atom. The van der Waals surface area contributed by atoms with Crippen LogP contribution in [0.3, 0.4) is 0 Å². The van der Waals surface area contributed by atoms with Crippen LogP contribution in [0.1, 0.15) is 45.2 Å². The second kappa shape index (κ2) is 13.1. The molecule has 40 heavy (non-hydrogen) atoms. The predicted molar refractivity (Wildman–Crippen MR) is 161 cm³/mol. The van der Waals surface area contributed by atoms with E-state index in [1.165, 1.54) is 35.2 Å². The van der Waals surface area contributed by atoms with Crippen molar-refractivity contribution in [2.24, 2.45) is 0 Å². The van der Waals surface area contributed by atoms with Gasteiger partial charge in [0.2, 0.25) is 11.8 Å². The summed E-state index contributed by atoms with van der Waals surface area (Å²) in [4.78, 5) is 28.9. The van der Waals surface area contributed by atoms with Crippen molar-refractivity contribution in [3.63, 3.8) is 0 Å². The summed E-state index contributed by atoms with van der Waals surface area (Å²) in [5.41, 5.74) is 1.52. The number of hydrogen-bond donors (Lipinski definition) is 1. The molecule has 0 saturated carbocycles. The second-order valence-electron chi connectivity index (χ2n) is 10.6. The molecule has 3 aromatic rings. The molecule has 3 aromatic carbocycles. The fourth-order valence-electron chi connectivity index (χ4n) is 4.15. The van der Waals surface area contributed by atoms with Gasteiger partial charge < -0.3 is 10.2 Å². The van der Waals surface area contributed by atoms with E-state index in [2.05, 4.69) is 5.32 Å². The summed E-state index contributed by atoms with van der Waals surface area (Å²) >= 11 is 12.3. The van der Waals surface area contributed by atoms with E-state index in [0.717, 1.165) is 15.4 Å². The molecule has 10 heteroatoms. The monoisotopic (exact) mass is 603 g/mol. The first kappa shape index (κ1) is 31.5. The van der Waals surface area contributed by atoms with E-state index in [0.29, 0.717) is 6.42 Å². The molecule has 2 amide bonds. The first-order chi connectivity index (χ1) is 18.7. The van der Waals surface area contributed by atoms with Gasteiger partial charge in [-0.3, -0.25) is 13.9 Å². The van der Waals surface area contributed by atoms with E-state index < -0.39 is 34.1 Å². The highest BCUT2D eigenvalue weighted by Gasteiger charge is 2.34. The summed E-state index contributed by atoms with van der Waals surface area (Å²) in [5, 5.41) is 3.35. The Morgan fingerprint density at radius 1 is 0.925 bits per heavy atom. The van der Waals surface area contributed by atoms with E-state index in [9.17, 15) is 18.0 Å². The SMILES string of the molecule is CCC(C(=O)NC(C)(C)C)N(Cc1ccc(C)cc1)C(=O)CN(c1ccc(Cl)c(Cl)c1)S(=O)(=O)c1ccccc1. The zero-order valence-electron chi connectivity index (χ0n) is 23.3. The minimum Gasteiger partial charge on any atom is -0.350 e. The molecule has 1 N–H and O–H groups in total. The van der Waals surface area contributed by atoms with Crippen LogP contribution in [-0.4, -0.2) is 43.3 Å². The van der Waals surface area contributed by atoms with Gasteiger partial charge in [0.25, 0.3) is 10.0 Å². The summed E-state index contributed by atoms with van der Waals surface area (Å²) in [5.74, 6) is -0.857. The normalized spacial score (nSPS) is 12.5. The molecule has 214 valence electrons. The number of nitrogens with one attached hydrogen (secondary N) is 1. The van der Waals surface area contributed by atoms with Crippen LogP contribution in [0.15, 0.2) is 77.7 Å². The molecule has 3 rings (SSSR count). The molecular formula is C30H35Cl2N3O4S. The van der Waals surface area contributed by atoms with Crippen molar-refractivity contribution in [3.05, 3.63) is 94.0 Å². The van der Waals surface area contributed by atoms with Crippen LogP contribution in [0, 0.1) is 6.92 Å². The maximum absolute atomic E-state index is 14.1. The smallest absolute Gasteiger partial charge is 0.264 e. The third-order valence-electron chi connectivity index (χ3n) is 6.16. The van der Waals surface area contributed by atoms with Crippen molar-refractivity contribution in [1.82, 2.24) is 10.2 Å². The molecular weight excluding hydrogens is 569 g/mol. The average Bonchev–Trinajstić information content (AvgIpc) is 2.89. The lowest BCUT2D eigenvalue weighted by Gasteiger charge is -2.34. The number of nitrogens with zero attached hydrogens (tertiary/aromatic N) is 2. The van der Waals surface area contributed by atoms with Crippen molar-refractivity contribution < 1.29 is 18.0 Å². The van der Waals surface area contributed by atoms with Gasteiger partial charge in [0.1, 0.15) is 12.6 Å². The van der Waals surface area contributed by atoms with Crippen molar-refractivity contribution in [1.29, 1.82) is 0 Å². The van der Waals surface area contributed by atoms with Gasteiger partial charge in [-0.15, -0.1) is 0 Å². The van der Waals surface area contributed by atoms with Gasteiger partial charge in [-0.1, -0.05) is 78.2 Å². The van der Waals surface area contributed by atoms with Crippen molar-refractivity contribution in [2.75, 3.05) is 10.8 Å². The first-order valence-corrected chi connectivity index (χ1v) is 15.1. The van der Waals surface area contributed by atoms with E-state index in [4.69, 9.17) is 23.2 Å². The molecule has 0 spiro atoms. The third kappa shape index (κ3) is 7.99. The molecule has 0 heterocycles. The second-order valence-corrected chi connectivity index (χ2v) is 13.3. The number of carbonyl (C=O) groups is 2. The lowest BCUT2D eigenvalue weighted by molar-refractivity contribution is -0.141. The topological polar surface area (TPSA) is 86.8 Å². The number of hydrogen-bond acceptors (Lipinski definition) is 4. The zero-order chi connectivity index (χ0) is 29.7. The van der Waals surface area contributed by atoms with Crippen LogP contribution in [0.5, 0.6) is 0 Å². The molecule has 1 atom stereocenters. The van der Waals surface area contributed by atoms with Gasteiger partial charge in [-0.05, 0) is 70.0 Å². The van der Waals surface area contributed by atoms with Gasteiger partial charge in [0, 0.05) is 12.1 Å². The highest BCUT2D eigenvalue weighted by atomic mass is 35.5. The molecule has 0 aliphatic carbocycles. The van der Waals surface area contributed by atoms with Crippen molar-refractivity contribution >= 4 is 50.7 Å². The Balaban J connectivity index is 2.08. The maximum Gasteiger partial charge on any atom is 0.264 e. The van der Waals surface area contributed by atoms with Crippen LogP contribution in [0.4, 0.5) is 5.69 Å². The summed E-state index contributed by atoms with van der Waals surface area (Å²) in [6.45, 7) is 8.93. The Labute approximate surface area is 247 Å². The van der Waals surface area contributed by atoms with E-state index >= 15 is 0 Å². The molecule has 0 fully saturated rings. The average molecular weight is 605 g/mol. The number of carbonyl (C=O) groups excluding carboxylic acids is 2. The van der Waals surface area contributed by atoms with Crippen LogP contribution in [0.25, 0.3) is 0 Å². The third-order valence-corrected chi connectivity index (χ3v) is 8.69. The standard InChI is InChI=1S/C30H35Cl2N3O4S/c1-6-27(29(37)33-30(3,4)5)34(19-22-14-12-21(2)13-15-22)28(36)20-35(23-16-17-25(31)26(32)18-23)40(38,39)24-10-8-7-9-11-24/h7-18,27H,6,19-20H2,1-5H3,(H,33,37). The fraction of sp³-hybridized carbons (Fsp3) is 0.333. The molecule has 0 aromatic heterocycles. The number of benzene rings is 3. The Morgan fingerprint density at radius 2 is 1.55 bits per heavy atom. The Bertz CT molecular complexity index is 1440. The highest BCUT2D eigenvalue weighted by Crippen LogP contribution is 2.31. The van der Waals surface area contributed by atoms with Crippen LogP contribution in [-0.2, 0) is 26.2 Å². The van der Waals surface area contributed by atoms with Gasteiger partial charge >= 0.3 is 0 Å². The van der Waals surface area contributed by atoms with Crippen LogP contribution in [0.2, 0.25) is 10.0 Å². The van der Waals surface area contributed by atoms with Gasteiger partial charge in [0.15, 0.2) is 0 Å². The first-order valence-electron chi connectivity index (χ1n) is 12.9. The molecule has 7 nitrogen and oxygen atoms in total. The lowest BCUT2D eigenvalue weighted by atomic mass is 10.1. The summed E-state index contributed by atoms with van der Waals surface area (Å²) < 4.78 is 28.7. The van der Waals surface area contributed by atoms with Gasteiger partial charge in [-0.25, -0.2) is 8.42 Å². The summed E-state index contributed by atoms with van der Waals surface area (Å²) in [6.07, 6.45) is 0.331. The fourth-order valence-corrected chi connectivity index (χ4v) is 5.87. The van der Waals surface area contributed by atoms with Gasteiger partial charge in [0.05, 0.1) is 20.6 Å². The minimum atomic E-state index is -4.19. The van der Waals surface area contributed by atoms with Crippen molar-refractivity contribution in [2.45, 2.75) is 64.1 Å². The number of sulfonamides is 1. The number of aryl methyl sites for hydroxylation is 1. The molecule has 0 radical (unpaired) electrons. The molecule has 0 saturated heterocycles. The number of anilines is 1. The summed E-state index contributed by atoms with van der Waals surface area (Å²) in [7, 11) is -4.19. The zero-order valence-corrected chi connectivity index (χ0v) is 25.6. The maximum atomic E-state index is 14.1. The number of rotatable bonds is 10. The van der Waals surface area contributed by atoms with E-state index in [1.54, 1.807) is 18.2 Å². The van der Waals surface area contributed by atoms with Crippen molar-refractivity contribution in [3.8, 4) is 0 Å². The quantitative estimate of drug-likeness (QED) is 0.298.